The van der Waals surface area contributed by atoms with Crippen LogP contribution in [0.5, 0.6) is 0 Å². The number of amides is 1. The summed E-state index contributed by atoms with van der Waals surface area (Å²) in [6, 6.07) is 18.8. The molecule has 0 saturated heterocycles. The van der Waals surface area contributed by atoms with Crippen molar-refractivity contribution in [2.75, 3.05) is 19.3 Å². The molecule has 2 aromatic rings. The quantitative estimate of drug-likeness (QED) is 0.505. The summed E-state index contributed by atoms with van der Waals surface area (Å²) < 4.78 is 31.3. The second kappa shape index (κ2) is 12.6. The number of alkyl carbamates (subject to hydrolysis) is 1. The number of hydrogen-bond acceptors (Lipinski definition) is 5. The molecule has 2 N–H and O–H groups in total. The Kier molecular flexibility index (Phi) is 10.2. The predicted octanol–water partition coefficient (Wildman–Crippen LogP) is 3.19. The lowest BCUT2D eigenvalue weighted by atomic mass is 10.0. The van der Waals surface area contributed by atoms with E-state index < -0.39 is 28.3 Å². The van der Waals surface area contributed by atoms with E-state index in [1.54, 1.807) is 0 Å². The number of ether oxygens (including phenoxy) is 1. The first-order valence-electron chi connectivity index (χ1n) is 10.8. The third-order valence-corrected chi connectivity index (χ3v) is 6.33. The average molecular weight is 463 g/mol. The van der Waals surface area contributed by atoms with Crippen LogP contribution in [-0.2, 0) is 27.7 Å². The molecule has 32 heavy (non-hydrogen) atoms. The summed E-state index contributed by atoms with van der Waals surface area (Å²) in [5.74, 6) is 0.316. The van der Waals surface area contributed by atoms with Crippen LogP contribution >= 0.6 is 0 Å². The van der Waals surface area contributed by atoms with Crippen LogP contribution < -0.4 is 5.32 Å². The van der Waals surface area contributed by atoms with Crippen molar-refractivity contribution in [3.05, 3.63) is 71.8 Å². The Hall–Kier alpha value is -2.42. The molecule has 0 heterocycles. The average Bonchev–Trinajstić information content (AvgIpc) is 2.75. The van der Waals surface area contributed by atoms with E-state index in [0.29, 0.717) is 18.9 Å². The van der Waals surface area contributed by atoms with Gasteiger partial charge in [0, 0.05) is 26.1 Å². The molecule has 0 aliphatic carbocycles. The molecule has 7 nitrogen and oxygen atoms in total. The molecular weight excluding hydrogens is 428 g/mol. The number of benzene rings is 2. The Labute approximate surface area is 191 Å². The molecule has 0 spiro atoms. The van der Waals surface area contributed by atoms with E-state index in [1.165, 1.54) is 4.31 Å². The highest BCUT2D eigenvalue weighted by atomic mass is 32.2. The number of nitrogens with one attached hydrogen (secondary N) is 1. The minimum atomic E-state index is -3.52. The van der Waals surface area contributed by atoms with Gasteiger partial charge in [-0.15, -0.1) is 0 Å². The van der Waals surface area contributed by atoms with Crippen molar-refractivity contribution in [2.45, 2.75) is 45.4 Å². The van der Waals surface area contributed by atoms with Crippen LogP contribution in [-0.4, -0.2) is 55.5 Å². The van der Waals surface area contributed by atoms with Crippen molar-refractivity contribution in [2.24, 2.45) is 5.92 Å². The second-order valence-electron chi connectivity index (χ2n) is 8.34. The van der Waals surface area contributed by atoms with Gasteiger partial charge < -0.3 is 15.2 Å². The van der Waals surface area contributed by atoms with Gasteiger partial charge in [-0.1, -0.05) is 74.5 Å². The molecule has 2 rings (SSSR count). The summed E-state index contributed by atoms with van der Waals surface area (Å²) in [6.07, 6.45) is -0.693. The van der Waals surface area contributed by atoms with Crippen LogP contribution in [0.15, 0.2) is 60.7 Å². The Balaban J connectivity index is 2.09. The summed E-state index contributed by atoms with van der Waals surface area (Å²) in [5.41, 5.74) is 1.79. The molecule has 0 saturated carbocycles. The molecule has 0 aliphatic rings. The van der Waals surface area contributed by atoms with Gasteiger partial charge in [0.1, 0.15) is 12.2 Å². The molecule has 8 heteroatoms. The zero-order valence-electron chi connectivity index (χ0n) is 19.0. The highest BCUT2D eigenvalue weighted by molar-refractivity contribution is 7.88. The second-order valence-corrected chi connectivity index (χ2v) is 10.3. The van der Waals surface area contributed by atoms with Gasteiger partial charge in [0.15, 0.2) is 0 Å². The highest BCUT2D eigenvalue weighted by Gasteiger charge is 2.29. The monoisotopic (exact) mass is 462 g/mol. The lowest BCUT2D eigenvalue weighted by Crippen LogP contribution is -2.45. The van der Waals surface area contributed by atoms with Gasteiger partial charge >= 0.3 is 6.09 Å². The number of aliphatic hydroxyl groups is 1. The standard InChI is InChI=1S/C24H34N2O5S/c1-19(2)14-15-26(32(3,29)30)18-22(27)23(16-20-10-6-4-7-11-20)31-24(28)25-17-21-12-8-5-9-13-21/h4-13,19,22-23,27H,14-18H2,1-3H3,(H,25,28)/t22-,23+/m1/s1. The normalized spacial score (nSPS) is 13.7. The molecule has 1 amide bonds. The first-order valence-corrected chi connectivity index (χ1v) is 12.7. The molecular formula is C24H34N2O5S. The SMILES string of the molecule is CC(C)CCN(C[C@@H](O)[C@H](Cc1ccccc1)OC(=O)NCc1ccccc1)S(C)(=O)=O. The van der Waals surface area contributed by atoms with Crippen LogP contribution in [0.4, 0.5) is 4.79 Å². The van der Waals surface area contributed by atoms with Gasteiger partial charge in [0.2, 0.25) is 10.0 Å². The Morgan fingerprint density at radius 1 is 1.03 bits per heavy atom. The lowest BCUT2D eigenvalue weighted by molar-refractivity contribution is -0.00475. The van der Waals surface area contributed by atoms with Crippen LogP contribution in [0, 0.1) is 5.92 Å². The van der Waals surface area contributed by atoms with Gasteiger partial charge in [-0.25, -0.2) is 13.2 Å². The Morgan fingerprint density at radius 3 is 2.12 bits per heavy atom. The minimum absolute atomic E-state index is 0.144. The third kappa shape index (κ3) is 9.38. The smallest absolute Gasteiger partial charge is 0.407 e. The van der Waals surface area contributed by atoms with Crippen molar-refractivity contribution in [1.29, 1.82) is 0 Å². The van der Waals surface area contributed by atoms with Gasteiger partial charge in [0.25, 0.3) is 0 Å². The number of carbonyl (C=O) groups excluding carboxylic acids is 1. The number of carbonyl (C=O) groups is 1. The summed E-state index contributed by atoms with van der Waals surface area (Å²) >= 11 is 0. The summed E-state index contributed by atoms with van der Waals surface area (Å²) in [6.45, 7) is 4.46. The Morgan fingerprint density at radius 2 is 1.59 bits per heavy atom. The van der Waals surface area contributed by atoms with Crippen molar-refractivity contribution in [3.63, 3.8) is 0 Å². The summed E-state index contributed by atoms with van der Waals surface area (Å²) in [4.78, 5) is 12.4. The molecule has 0 aromatic heterocycles. The van der Waals surface area contributed by atoms with Crippen molar-refractivity contribution in [3.8, 4) is 0 Å². The number of rotatable bonds is 12. The maximum atomic E-state index is 12.4. The molecule has 2 aromatic carbocycles. The minimum Gasteiger partial charge on any atom is -0.443 e. The zero-order chi connectivity index (χ0) is 23.6. The number of nitrogens with zero attached hydrogens (tertiary/aromatic N) is 1. The first kappa shape index (κ1) is 25.8. The lowest BCUT2D eigenvalue weighted by Gasteiger charge is -2.28. The van der Waals surface area contributed by atoms with E-state index in [0.717, 1.165) is 17.4 Å². The van der Waals surface area contributed by atoms with E-state index in [4.69, 9.17) is 4.74 Å². The molecule has 0 aliphatic heterocycles. The van der Waals surface area contributed by atoms with E-state index in [1.807, 2.05) is 74.5 Å². The number of aliphatic hydroxyl groups excluding tert-OH is 1. The fourth-order valence-electron chi connectivity index (χ4n) is 3.17. The van der Waals surface area contributed by atoms with Crippen molar-refractivity contribution >= 4 is 16.1 Å². The van der Waals surface area contributed by atoms with Crippen LogP contribution in [0.2, 0.25) is 0 Å². The van der Waals surface area contributed by atoms with E-state index in [2.05, 4.69) is 5.32 Å². The van der Waals surface area contributed by atoms with E-state index in [9.17, 15) is 18.3 Å². The predicted molar refractivity (Wildman–Crippen MR) is 126 cm³/mol. The maximum Gasteiger partial charge on any atom is 0.407 e. The van der Waals surface area contributed by atoms with Gasteiger partial charge in [-0.05, 0) is 23.5 Å². The van der Waals surface area contributed by atoms with Crippen LogP contribution in [0.1, 0.15) is 31.4 Å². The molecule has 0 fully saturated rings. The largest absolute Gasteiger partial charge is 0.443 e. The first-order chi connectivity index (χ1) is 15.1. The third-order valence-electron chi connectivity index (χ3n) is 5.06. The molecule has 176 valence electrons. The fourth-order valence-corrected chi connectivity index (χ4v) is 4.03. The fraction of sp³-hybridized carbons (Fsp3) is 0.458. The summed E-state index contributed by atoms with van der Waals surface area (Å²) in [5, 5.41) is 13.6. The van der Waals surface area contributed by atoms with E-state index in [-0.39, 0.29) is 19.5 Å². The van der Waals surface area contributed by atoms with Crippen molar-refractivity contribution < 1.29 is 23.1 Å². The topological polar surface area (TPSA) is 95.9 Å². The maximum absolute atomic E-state index is 12.4. The number of sulfonamides is 1. The molecule has 0 bridgehead atoms. The molecule has 0 radical (unpaired) electrons. The van der Waals surface area contributed by atoms with Crippen LogP contribution in [0.25, 0.3) is 0 Å². The highest BCUT2D eigenvalue weighted by Crippen LogP contribution is 2.14. The summed E-state index contributed by atoms with van der Waals surface area (Å²) in [7, 11) is -3.52. The zero-order valence-corrected chi connectivity index (χ0v) is 19.8. The van der Waals surface area contributed by atoms with Gasteiger partial charge in [0.05, 0.1) is 6.26 Å². The van der Waals surface area contributed by atoms with Gasteiger partial charge in [-0.3, -0.25) is 0 Å². The van der Waals surface area contributed by atoms with Crippen molar-refractivity contribution in [1.82, 2.24) is 9.62 Å². The number of hydrogen-bond donors (Lipinski definition) is 2. The van der Waals surface area contributed by atoms with Gasteiger partial charge in [-0.2, -0.15) is 4.31 Å². The molecule has 2 atom stereocenters. The molecule has 0 unspecified atom stereocenters. The van der Waals surface area contributed by atoms with Crippen LogP contribution in [0.3, 0.4) is 0 Å². The van der Waals surface area contributed by atoms with E-state index >= 15 is 0 Å². The Bertz CT molecular complexity index is 920.